The number of nitrogens with one attached hydrogen (secondary N) is 1. The van der Waals surface area contributed by atoms with Crippen LogP contribution in [0.2, 0.25) is 0 Å². The van der Waals surface area contributed by atoms with E-state index < -0.39 is 5.97 Å². The van der Waals surface area contributed by atoms with E-state index in [-0.39, 0.29) is 5.91 Å². The number of ether oxygens (including phenoxy) is 1. The van der Waals surface area contributed by atoms with Gasteiger partial charge < -0.3 is 15.0 Å². The molecule has 2 aromatic rings. The fourth-order valence-electron chi connectivity index (χ4n) is 3.23. The molecule has 5 nitrogen and oxygen atoms in total. The van der Waals surface area contributed by atoms with E-state index in [1.807, 2.05) is 11.0 Å². The fraction of sp³-hybridized carbons (Fsp3) is 0.318. The minimum Gasteiger partial charge on any atom is -0.423 e. The van der Waals surface area contributed by atoms with Crippen LogP contribution in [0.4, 0.5) is 0 Å². The molecule has 0 aliphatic carbocycles. The molecule has 3 rings (SSSR count). The van der Waals surface area contributed by atoms with Gasteiger partial charge in [0.1, 0.15) is 5.75 Å². The number of fused-ring (bicyclic) bond motifs is 1. The molecule has 1 heterocycles. The molecule has 2 aromatic carbocycles. The number of esters is 1. The summed E-state index contributed by atoms with van der Waals surface area (Å²) in [6.45, 7) is 3.27. The predicted octanol–water partition coefficient (Wildman–Crippen LogP) is 4.11. The van der Waals surface area contributed by atoms with Crippen molar-refractivity contribution in [2.75, 3.05) is 13.1 Å². The molecule has 0 fully saturated rings. The van der Waals surface area contributed by atoms with Crippen LogP contribution in [0.1, 0.15) is 52.5 Å². The quantitative estimate of drug-likeness (QED) is 0.456. The summed E-state index contributed by atoms with van der Waals surface area (Å²) in [7, 11) is 0. The van der Waals surface area contributed by atoms with Crippen molar-refractivity contribution in [1.29, 1.82) is 5.41 Å². The van der Waals surface area contributed by atoms with Gasteiger partial charge >= 0.3 is 5.97 Å². The van der Waals surface area contributed by atoms with Crippen LogP contribution in [0, 0.1) is 5.41 Å². The molecule has 0 radical (unpaired) electrons. The Morgan fingerprint density at radius 1 is 1.15 bits per heavy atom. The van der Waals surface area contributed by atoms with Crippen LogP contribution in [-0.4, -0.2) is 35.6 Å². The van der Waals surface area contributed by atoms with Gasteiger partial charge in [0.25, 0.3) is 5.91 Å². The molecule has 27 heavy (non-hydrogen) atoms. The molecule has 1 aliphatic rings. The second-order valence-electron chi connectivity index (χ2n) is 6.72. The highest BCUT2D eigenvalue weighted by Crippen LogP contribution is 2.24. The molecule has 1 N–H and O–H groups in total. The number of benzene rings is 2. The first-order valence-corrected chi connectivity index (χ1v) is 9.34. The number of carbonyl (C=O) groups is 2. The van der Waals surface area contributed by atoms with Crippen molar-refractivity contribution in [2.24, 2.45) is 0 Å². The predicted molar refractivity (Wildman–Crippen MR) is 105 cm³/mol. The summed E-state index contributed by atoms with van der Waals surface area (Å²) in [6, 6.07) is 14.0. The van der Waals surface area contributed by atoms with Crippen molar-refractivity contribution in [3.63, 3.8) is 0 Å². The lowest BCUT2D eigenvalue weighted by Gasteiger charge is -2.29. The zero-order valence-corrected chi connectivity index (χ0v) is 15.5. The average Bonchev–Trinajstić information content (AvgIpc) is 2.68. The van der Waals surface area contributed by atoms with Crippen LogP contribution in [0.15, 0.2) is 48.5 Å². The van der Waals surface area contributed by atoms with Crippen molar-refractivity contribution in [3.8, 4) is 5.75 Å². The van der Waals surface area contributed by atoms with E-state index in [0.717, 1.165) is 24.8 Å². The molecule has 5 heteroatoms. The van der Waals surface area contributed by atoms with E-state index in [4.69, 9.17) is 10.1 Å². The molecule has 0 spiro atoms. The Morgan fingerprint density at radius 2 is 1.93 bits per heavy atom. The monoisotopic (exact) mass is 364 g/mol. The maximum absolute atomic E-state index is 12.7. The molecule has 0 saturated carbocycles. The Hall–Kier alpha value is -2.95. The van der Waals surface area contributed by atoms with Crippen molar-refractivity contribution in [3.05, 3.63) is 65.2 Å². The van der Waals surface area contributed by atoms with Gasteiger partial charge in [-0.3, -0.25) is 4.79 Å². The highest BCUT2D eigenvalue weighted by Gasteiger charge is 2.25. The van der Waals surface area contributed by atoms with Crippen LogP contribution in [0.25, 0.3) is 0 Å². The minimum atomic E-state index is -0.409. The maximum Gasteiger partial charge on any atom is 0.343 e. The maximum atomic E-state index is 12.7. The summed E-state index contributed by atoms with van der Waals surface area (Å²) in [5, 5.41) is 7.90. The first-order valence-electron chi connectivity index (χ1n) is 9.34. The number of rotatable bonds is 7. The van der Waals surface area contributed by atoms with Crippen LogP contribution in [0.3, 0.4) is 0 Å². The van der Waals surface area contributed by atoms with Crippen molar-refractivity contribution < 1.29 is 14.3 Å². The highest BCUT2D eigenvalue weighted by molar-refractivity contribution is 5.97. The summed E-state index contributed by atoms with van der Waals surface area (Å²) >= 11 is 0. The average molecular weight is 364 g/mol. The van der Waals surface area contributed by atoms with E-state index in [1.165, 1.54) is 0 Å². The lowest BCUT2D eigenvalue weighted by molar-refractivity contribution is 0.0734. The first-order chi connectivity index (χ1) is 13.1. The summed E-state index contributed by atoms with van der Waals surface area (Å²) in [6.07, 6.45) is 3.09. The van der Waals surface area contributed by atoms with Gasteiger partial charge in [-0.2, -0.15) is 0 Å². The second-order valence-corrected chi connectivity index (χ2v) is 6.72. The van der Waals surface area contributed by atoms with Crippen LogP contribution < -0.4 is 4.74 Å². The van der Waals surface area contributed by atoms with E-state index in [1.54, 1.807) is 42.5 Å². The third-order valence-electron chi connectivity index (χ3n) is 4.70. The van der Waals surface area contributed by atoms with Crippen molar-refractivity contribution >= 4 is 17.6 Å². The number of amides is 1. The number of nitrogens with zero attached hydrogens (tertiary/aromatic N) is 1. The molecule has 0 unspecified atom stereocenters. The third-order valence-corrected chi connectivity index (χ3v) is 4.70. The van der Waals surface area contributed by atoms with Gasteiger partial charge in [0.05, 0.1) is 5.56 Å². The van der Waals surface area contributed by atoms with Gasteiger partial charge in [0.2, 0.25) is 0 Å². The number of hydrogen-bond acceptors (Lipinski definition) is 4. The van der Waals surface area contributed by atoms with E-state index in [0.29, 0.717) is 42.1 Å². The van der Waals surface area contributed by atoms with Gasteiger partial charge in [0, 0.05) is 30.8 Å². The zero-order valence-electron chi connectivity index (χ0n) is 15.5. The largest absolute Gasteiger partial charge is 0.423 e. The zero-order chi connectivity index (χ0) is 19.2. The lowest BCUT2D eigenvalue weighted by atomic mass is 9.98. The molecule has 0 aromatic heterocycles. The Labute approximate surface area is 159 Å². The van der Waals surface area contributed by atoms with E-state index in [9.17, 15) is 9.59 Å². The molecular formula is C22H24N2O3. The summed E-state index contributed by atoms with van der Waals surface area (Å²) < 4.78 is 5.44. The molecule has 140 valence electrons. The Balaban J connectivity index is 1.66. The first kappa shape index (κ1) is 18.8. The Bertz CT molecular complexity index is 846. The second kappa shape index (κ2) is 8.62. The number of hydrogen-bond donors (Lipinski definition) is 1. The standard InChI is InChI=1S/C22H24N2O3/c1-2-6-18(23)12-14-24-13-11-17-15-19(9-10-20(17)21(24)25)27-22(26)16-7-4-3-5-8-16/h3-5,7-10,15,23H,2,6,11-14H2,1H3. The van der Waals surface area contributed by atoms with Crippen LogP contribution in [-0.2, 0) is 6.42 Å². The van der Waals surface area contributed by atoms with Crippen LogP contribution in [0.5, 0.6) is 5.75 Å². The molecule has 0 bridgehead atoms. The number of carbonyl (C=O) groups excluding carboxylic acids is 2. The Kier molecular flexibility index (Phi) is 6.01. The van der Waals surface area contributed by atoms with Gasteiger partial charge in [-0.05, 0) is 48.7 Å². The summed E-state index contributed by atoms with van der Waals surface area (Å²) in [4.78, 5) is 26.7. The molecule has 1 aliphatic heterocycles. The summed E-state index contributed by atoms with van der Waals surface area (Å²) in [5.74, 6) is 0.0313. The van der Waals surface area contributed by atoms with Crippen LogP contribution >= 0.6 is 0 Å². The Morgan fingerprint density at radius 3 is 2.67 bits per heavy atom. The fourth-order valence-corrected chi connectivity index (χ4v) is 3.23. The highest BCUT2D eigenvalue weighted by atomic mass is 16.5. The van der Waals surface area contributed by atoms with Crippen molar-refractivity contribution in [1.82, 2.24) is 4.90 Å². The van der Waals surface area contributed by atoms with E-state index in [2.05, 4.69) is 6.92 Å². The third kappa shape index (κ3) is 4.61. The molecule has 0 atom stereocenters. The van der Waals surface area contributed by atoms with Gasteiger partial charge in [-0.1, -0.05) is 31.5 Å². The van der Waals surface area contributed by atoms with E-state index >= 15 is 0 Å². The molecule has 0 saturated heterocycles. The minimum absolute atomic E-state index is 0.0125. The van der Waals surface area contributed by atoms with Gasteiger partial charge in [0.15, 0.2) is 0 Å². The smallest absolute Gasteiger partial charge is 0.343 e. The molecular weight excluding hydrogens is 340 g/mol. The van der Waals surface area contributed by atoms with Gasteiger partial charge in [-0.25, -0.2) is 4.79 Å². The lowest BCUT2D eigenvalue weighted by Crippen LogP contribution is -2.38. The summed E-state index contributed by atoms with van der Waals surface area (Å²) in [5.41, 5.74) is 2.74. The van der Waals surface area contributed by atoms with Gasteiger partial charge in [-0.15, -0.1) is 0 Å². The molecule has 1 amide bonds. The normalized spacial score (nSPS) is 13.2. The topological polar surface area (TPSA) is 70.5 Å². The van der Waals surface area contributed by atoms with Crippen molar-refractivity contribution in [2.45, 2.75) is 32.6 Å². The SMILES string of the molecule is CCCC(=N)CCN1CCc2cc(OC(=O)c3ccccc3)ccc2C1=O.